The summed E-state index contributed by atoms with van der Waals surface area (Å²) in [4.78, 5) is 19.4. The van der Waals surface area contributed by atoms with Gasteiger partial charge in [-0.1, -0.05) is 0 Å². The number of nitrogen functional groups attached to an aromatic ring is 3. The second-order valence-electron chi connectivity index (χ2n) is 27.9. The topological polar surface area (TPSA) is 210 Å². The first-order valence-corrected chi connectivity index (χ1v) is 32.8. The zero-order valence-electron chi connectivity index (χ0n) is 53.4. The Bertz CT molecular complexity index is 3580. The van der Waals surface area contributed by atoms with Crippen molar-refractivity contribution in [2.45, 2.75) is 178 Å². The largest absolute Gasteiger partial charge is 0.573 e. The Hall–Kier alpha value is -6.35. The molecule has 92 heavy (non-hydrogen) atoms. The van der Waals surface area contributed by atoms with Crippen molar-refractivity contribution in [3.8, 4) is 45.3 Å². The van der Waals surface area contributed by atoms with E-state index in [0.29, 0.717) is 111 Å². The molecule has 18 nitrogen and oxygen atoms in total. The number of nitrogens with zero attached hydrogens (tertiary/aromatic N) is 12. The van der Waals surface area contributed by atoms with Crippen LogP contribution in [-0.4, -0.2) is 148 Å². The van der Waals surface area contributed by atoms with Crippen LogP contribution >= 0.6 is 11.6 Å². The second-order valence-corrected chi connectivity index (χ2v) is 28.5. The SMILES string of the molecule is CC(C)n1nc(-c2cnc(N)c(C(F)(F)F)c2)cc1C1[C@H]2CC(N3CCN[C@@H](C)C3)C[C@@H]12.CC(C)n1nc(-c2cnc(N)c(OC(F)(F)F)c2)cc1C1[C@H]2CC(N3CCN(C)C[C@@H]3C)C[C@@H]12.CC(C)n1nc(-c2cnc(N)c(OC(F)F)c2)cc1C1[C@H]2CC(Cl)C[C@@H]12. The summed E-state index contributed by atoms with van der Waals surface area (Å²) >= 11 is 6.25. The van der Waals surface area contributed by atoms with Crippen LogP contribution in [0.5, 0.6) is 11.5 Å². The van der Waals surface area contributed by atoms with Crippen LogP contribution in [-0.2, 0) is 6.18 Å². The first-order valence-electron chi connectivity index (χ1n) is 32.4. The number of pyridine rings is 3. The maximum absolute atomic E-state index is 13.3. The zero-order chi connectivity index (χ0) is 65.7. The minimum Gasteiger partial charge on any atom is -0.431 e. The Morgan fingerprint density at radius 1 is 0.565 bits per heavy atom. The van der Waals surface area contributed by atoms with Gasteiger partial charge in [0.15, 0.2) is 23.1 Å². The Kier molecular flexibility index (Phi) is 18.2. The fraction of sp³-hybridized carbons (Fsp3) is 0.631. The average Bonchev–Trinajstić information content (AvgIpc) is 1.57. The predicted molar refractivity (Wildman–Crippen MR) is 336 cm³/mol. The van der Waals surface area contributed by atoms with Crippen molar-refractivity contribution < 1.29 is 44.6 Å². The molecule has 500 valence electrons. The number of rotatable bonds is 14. The van der Waals surface area contributed by atoms with Crippen molar-refractivity contribution in [2.75, 3.05) is 63.5 Å². The van der Waals surface area contributed by atoms with E-state index in [-0.39, 0.29) is 40.9 Å². The zero-order valence-corrected chi connectivity index (χ0v) is 54.1. The third-order valence-electron chi connectivity index (χ3n) is 20.6. The Morgan fingerprint density at radius 3 is 1.43 bits per heavy atom. The van der Waals surface area contributed by atoms with Crippen molar-refractivity contribution in [1.29, 1.82) is 0 Å². The standard InChI is InChI=1S/C24H33F3N6O.C23H31F3N6.C18H21ClF2N4O/c1-13(2)33-20(10-19(30-33)15-7-21(23(28)29-11-15)34-24(25,26)27)22-17-8-16(9-18(17)22)32-6-5-31(4)12-14(32)3;1-12(2)32-20(9-19(30-32)14-6-18(23(24,25)26)22(27)29-10-14)21-16-7-15(8-17(16)21)31-5-4-28-13(3)11-31;1-8(2)25-14(16-11-4-10(19)5-12(11)16)6-13(24-25)9-3-15(26-18(20)21)17(22)23-7-9/h7,10-11,13-14,16-18,22H,5-6,8-9,12H2,1-4H3,(H2,28,29);6,9-10,12-13,15-17,21,28H,4-5,7-8,11H2,1-3H3,(H2,27,29);3,6-8,10-12,16,18H,4-5H2,1-2H3,(H2,22,23)/t14-,16?,17-,18+,22?;13-,15?,16-,17+,21?;10?,11-,12+,16?/m00./s1. The van der Waals surface area contributed by atoms with Crippen LogP contribution in [0.2, 0.25) is 0 Å². The van der Waals surface area contributed by atoms with Gasteiger partial charge in [0.1, 0.15) is 5.82 Å². The lowest BCUT2D eigenvalue weighted by Crippen LogP contribution is -2.54. The van der Waals surface area contributed by atoms with Crippen LogP contribution in [0.1, 0.15) is 152 Å². The number of aromatic nitrogens is 9. The summed E-state index contributed by atoms with van der Waals surface area (Å²) in [6.45, 7) is 20.7. The smallest absolute Gasteiger partial charge is 0.431 e. The fourth-order valence-electron chi connectivity index (χ4n) is 16.3. The molecule has 0 bridgehead atoms. The molecule has 6 aliphatic carbocycles. The summed E-state index contributed by atoms with van der Waals surface area (Å²) in [5.41, 5.74) is 22.5. The van der Waals surface area contributed by atoms with Gasteiger partial charge in [-0.3, -0.25) is 23.8 Å². The molecule has 6 aromatic rings. The van der Waals surface area contributed by atoms with E-state index in [4.69, 9.17) is 39.0 Å². The molecule has 0 radical (unpaired) electrons. The van der Waals surface area contributed by atoms with Crippen LogP contribution in [0.15, 0.2) is 55.0 Å². The van der Waals surface area contributed by atoms with Gasteiger partial charge in [0.25, 0.3) is 0 Å². The van der Waals surface area contributed by atoms with Crippen LogP contribution in [0.4, 0.5) is 52.6 Å². The van der Waals surface area contributed by atoms with E-state index in [1.807, 2.05) is 32.2 Å². The summed E-state index contributed by atoms with van der Waals surface area (Å²) in [5.74, 6) is 3.70. The molecule has 8 aliphatic rings. The normalized spacial score (nSPS) is 29.5. The highest BCUT2D eigenvalue weighted by atomic mass is 35.5. The Balaban J connectivity index is 0.000000134. The lowest BCUT2D eigenvalue weighted by atomic mass is 10.00. The molecule has 0 aromatic carbocycles. The lowest BCUT2D eigenvalue weighted by molar-refractivity contribution is -0.274. The maximum Gasteiger partial charge on any atom is 0.573 e. The number of hydrogen-bond acceptors (Lipinski definition) is 15. The van der Waals surface area contributed by atoms with Gasteiger partial charge >= 0.3 is 19.2 Å². The van der Waals surface area contributed by atoms with Gasteiger partial charge in [0.05, 0.1) is 22.6 Å². The molecule has 0 amide bonds. The maximum atomic E-state index is 13.3. The van der Waals surface area contributed by atoms with E-state index < -0.39 is 36.3 Å². The van der Waals surface area contributed by atoms with Crippen LogP contribution in [0.3, 0.4) is 0 Å². The highest BCUT2D eigenvalue weighted by Gasteiger charge is 2.61. The summed E-state index contributed by atoms with van der Waals surface area (Å²) in [6.07, 6.45) is 1.89. The molecule has 8 fully saturated rings. The van der Waals surface area contributed by atoms with Crippen LogP contribution in [0.25, 0.3) is 33.8 Å². The molecule has 0 spiro atoms. The quantitative estimate of drug-likeness (QED) is 0.0590. The lowest BCUT2D eigenvalue weighted by Gasteiger charge is -2.42. The number of likely N-dealkylation sites (N-methyl/N-ethyl adjacent to an activating group) is 1. The number of anilines is 3. The molecule has 27 heteroatoms. The van der Waals surface area contributed by atoms with E-state index >= 15 is 0 Å². The number of halogens is 9. The molecular formula is C65H85ClF8N16O2. The van der Waals surface area contributed by atoms with E-state index in [1.165, 1.54) is 67.8 Å². The average molecular weight is 1310 g/mol. The van der Waals surface area contributed by atoms with Crippen molar-refractivity contribution in [1.82, 2.24) is 64.3 Å². The first-order chi connectivity index (χ1) is 43.5. The fourth-order valence-corrected chi connectivity index (χ4v) is 16.8. The summed E-state index contributed by atoms with van der Waals surface area (Å²) in [5, 5.41) is 17.9. The van der Waals surface area contributed by atoms with Crippen molar-refractivity contribution in [3.05, 3.63) is 77.6 Å². The van der Waals surface area contributed by atoms with Gasteiger partial charge in [-0.25, -0.2) is 15.0 Å². The highest BCUT2D eigenvalue weighted by molar-refractivity contribution is 6.20. The van der Waals surface area contributed by atoms with Gasteiger partial charge in [-0.15, -0.1) is 24.8 Å². The number of nitrogens with one attached hydrogen (secondary N) is 1. The summed E-state index contributed by atoms with van der Waals surface area (Å²) in [7, 11) is 2.19. The molecular weight excluding hydrogens is 1220 g/mol. The van der Waals surface area contributed by atoms with Crippen molar-refractivity contribution in [3.63, 3.8) is 0 Å². The van der Waals surface area contributed by atoms with Gasteiger partial charge in [0.2, 0.25) is 0 Å². The van der Waals surface area contributed by atoms with Crippen LogP contribution < -0.4 is 32.0 Å². The van der Waals surface area contributed by atoms with E-state index in [9.17, 15) is 35.1 Å². The van der Waals surface area contributed by atoms with E-state index in [1.54, 1.807) is 0 Å². The molecule has 14 rings (SSSR count). The number of ether oxygens (including phenoxy) is 2. The van der Waals surface area contributed by atoms with Crippen molar-refractivity contribution >= 4 is 29.1 Å². The molecule has 2 aliphatic heterocycles. The number of hydrogen-bond donors (Lipinski definition) is 4. The minimum absolute atomic E-state index is 0.0672. The Labute approximate surface area is 536 Å². The third-order valence-corrected chi connectivity index (χ3v) is 21.0. The van der Waals surface area contributed by atoms with Crippen molar-refractivity contribution in [2.24, 2.45) is 35.5 Å². The van der Waals surface area contributed by atoms with Crippen LogP contribution in [0, 0.1) is 35.5 Å². The highest BCUT2D eigenvalue weighted by Crippen LogP contribution is 2.67. The second kappa shape index (κ2) is 25.4. The number of alkyl halides is 9. The third kappa shape index (κ3) is 13.6. The van der Waals surface area contributed by atoms with Gasteiger partial charge < -0.3 is 36.9 Å². The first kappa shape index (κ1) is 65.7. The van der Waals surface area contributed by atoms with E-state index in [0.717, 1.165) is 63.9 Å². The minimum atomic E-state index is -4.83. The molecule has 2 saturated heterocycles. The Morgan fingerprint density at radius 2 is 1.00 bits per heavy atom. The predicted octanol–water partition coefficient (Wildman–Crippen LogP) is 12.5. The molecule has 8 heterocycles. The molecule has 6 aromatic heterocycles. The molecule has 6 saturated carbocycles. The van der Waals surface area contributed by atoms with Gasteiger partial charge in [0, 0.05) is 157 Å². The number of nitrogens with two attached hydrogens (primary N) is 3. The van der Waals surface area contributed by atoms with Gasteiger partial charge in [-0.2, -0.15) is 37.2 Å². The summed E-state index contributed by atoms with van der Waals surface area (Å²) < 4.78 is 118. The number of piperazine rings is 2. The number of fused-ring (bicyclic) bond motifs is 3. The molecule has 7 N–H and O–H groups in total. The van der Waals surface area contributed by atoms with Gasteiger partial charge in [-0.05, 0) is 173 Å². The molecule has 6 unspecified atom stereocenters. The monoisotopic (exact) mass is 1310 g/mol. The van der Waals surface area contributed by atoms with E-state index in [2.05, 4.69) is 112 Å². The summed E-state index contributed by atoms with van der Waals surface area (Å²) in [6, 6.07) is 12.7. The molecule has 14 atom stereocenters.